The Bertz CT molecular complexity index is 955. The van der Waals surface area contributed by atoms with Crippen molar-refractivity contribution in [1.29, 1.82) is 0 Å². The Kier molecular flexibility index (Phi) is 2.51. The molecule has 1 heteroatoms. The van der Waals surface area contributed by atoms with Crippen molar-refractivity contribution in [3.63, 3.8) is 0 Å². The second kappa shape index (κ2) is 4.38. The molecule has 2 aliphatic carbocycles. The van der Waals surface area contributed by atoms with Gasteiger partial charge in [-0.15, -0.1) is 0 Å². The van der Waals surface area contributed by atoms with Crippen molar-refractivity contribution in [2.45, 2.75) is 25.2 Å². The summed E-state index contributed by atoms with van der Waals surface area (Å²) in [5, 5.41) is 1.38. The molecule has 0 N–H and O–H groups in total. The molecular weight excluding hydrogens is 278 g/mol. The summed E-state index contributed by atoms with van der Waals surface area (Å²) >= 11 is 0. The number of rotatable bonds is 2. The van der Waals surface area contributed by atoms with Gasteiger partial charge in [0.15, 0.2) is 0 Å². The predicted octanol–water partition coefficient (Wildman–Crippen LogP) is 5.40. The Hall–Kier alpha value is -2.28. The van der Waals surface area contributed by atoms with Gasteiger partial charge in [0, 0.05) is 35.1 Å². The monoisotopic (exact) mass is 299 g/mol. The lowest BCUT2D eigenvalue weighted by atomic mass is 9.72. The molecule has 2 aliphatic rings. The Morgan fingerprint density at radius 1 is 1.00 bits per heavy atom. The van der Waals surface area contributed by atoms with E-state index in [4.69, 9.17) is 0 Å². The first-order chi connectivity index (χ1) is 11.2. The highest BCUT2D eigenvalue weighted by molar-refractivity contribution is 6.03. The lowest BCUT2D eigenvalue weighted by molar-refractivity contribution is 0.541. The molecule has 5 rings (SSSR count). The third-order valence-electron chi connectivity index (χ3n) is 5.96. The van der Waals surface area contributed by atoms with E-state index in [0.717, 1.165) is 5.92 Å². The molecule has 1 aromatic heterocycles. The average molecular weight is 299 g/mol. The fourth-order valence-corrected chi connectivity index (χ4v) is 4.56. The van der Waals surface area contributed by atoms with Crippen LogP contribution < -0.4 is 0 Å². The molecule has 0 saturated heterocycles. The summed E-state index contributed by atoms with van der Waals surface area (Å²) in [6.07, 6.45) is 7.47. The predicted molar refractivity (Wildman–Crippen MR) is 97.3 cm³/mol. The molecule has 1 fully saturated rings. The summed E-state index contributed by atoms with van der Waals surface area (Å²) in [5.41, 5.74) is 7.33. The zero-order valence-corrected chi connectivity index (χ0v) is 13.7. The molecule has 114 valence electrons. The molecule has 0 radical (unpaired) electrons. The summed E-state index contributed by atoms with van der Waals surface area (Å²) in [7, 11) is 2.16. The van der Waals surface area contributed by atoms with Gasteiger partial charge in [-0.05, 0) is 47.6 Å². The van der Waals surface area contributed by atoms with E-state index in [0.29, 0.717) is 0 Å². The summed E-state index contributed by atoms with van der Waals surface area (Å²) < 4.78 is 2.27. The summed E-state index contributed by atoms with van der Waals surface area (Å²) in [6.45, 7) is 2.46. The lowest BCUT2D eigenvalue weighted by Crippen LogP contribution is -2.24. The summed E-state index contributed by atoms with van der Waals surface area (Å²) in [6, 6.07) is 17.7. The minimum atomic E-state index is 0.167. The molecular formula is C22H21N. The zero-order chi connectivity index (χ0) is 15.6. The van der Waals surface area contributed by atoms with Crippen LogP contribution in [0.3, 0.4) is 0 Å². The molecule has 0 bridgehead atoms. The number of hydrogen-bond acceptors (Lipinski definition) is 0. The van der Waals surface area contributed by atoms with Gasteiger partial charge in [0.25, 0.3) is 0 Å². The molecule has 1 heterocycles. The van der Waals surface area contributed by atoms with Gasteiger partial charge in [-0.25, -0.2) is 0 Å². The van der Waals surface area contributed by atoms with Gasteiger partial charge < -0.3 is 4.57 Å². The Morgan fingerprint density at radius 2 is 1.74 bits per heavy atom. The second-order valence-corrected chi connectivity index (χ2v) is 7.29. The van der Waals surface area contributed by atoms with Gasteiger partial charge in [-0.1, -0.05) is 49.4 Å². The highest BCUT2D eigenvalue weighted by Crippen LogP contribution is 2.59. The number of aryl methyl sites for hydroxylation is 1. The van der Waals surface area contributed by atoms with Crippen LogP contribution in [0.4, 0.5) is 0 Å². The molecule has 0 aliphatic heterocycles. The van der Waals surface area contributed by atoms with Crippen molar-refractivity contribution >= 4 is 22.6 Å². The molecule has 2 aromatic carbocycles. The van der Waals surface area contributed by atoms with Gasteiger partial charge in [0.1, 0.15) is 0 Å². The fourth-order valence-electron chi connectivity index (χ4n) is 4.56. The Morgan fingerprint density at radius 3 is 2.57 bits per heavy atom. The maximum atomic E-state index is 2.46. The molecule has 1 unspecified atom stereocenters. The number of fused-ring (bicyclic) bond motifs is 2. The van der Waals surface area contributed by atoms with Gasteiger partial charge >= 0.3 is 0 Å². The van der Waals surface area contributed by atoms with Gasteiger partial charge in [0.05, 0.1) is 0 Å². The first kappa shape index (κ1) is 13.2. The highest BCUT2D eigenvalue weighted by atomic mass is 14.9. The Balaban J connectivity index is 1.79. The summed E-state index contributed by atoms with van der Waals surface area (Å²) in [4.78, 5) is 0. The highest BCUT2D eigenvalue weighted by Gasteiger charge is 2.49. The average Bonchev–Trinajstić information content (AvgIpc) is 3.33. The molecule has 23 heavy (non-hydrogen) atoms. The quantitative estimate of drug-likeness (QED) is 0.597. The number of aromatic nitrogens is 1. The van der Waals surface area contributed by atoms with E-state index in [-0.39, 0.29) is 5.41 Å². The standard InChI is InChI=1S/C22H21N/c1-22(16-11-12-16)19-9-5-3-7-15(19)13-20(22)18-14-23(2)21-10-6-4-8-17(18)21/h3-10,13-14,16H,11-12H2,1-2H3. The molecule has 1 saturated carbocycles. The van der Waals surface area contributed by atoms with Crippen LogP contribution in [0.1, 0.15) is 36.5 Å². The van der Waals surface area contributed by atoms with Crippen molar-refractivity contribution < 1.29 is 0 Å². The third kappa shape index (κ3) is 1.68. The molecule has 3 aromatic rings. The number of hydrogen-bond donors (Lipinski definition) is 0. The topological polar surface area (TPSA) is 4.93 Å². The van der Waals surface area contributed by atoms with Crippen LogP contribution >= 0.6 is 0 Å². The lowest BCUT2D eigenvalue weighted by Gasteiger charge is -2.30. The van der Waals surface area contributed by atoms with Gasteiger partial charge in [-0.2, -0.15) is 0 Å². The normalized spacial score (nSPS) is 23.1. The molecule has 1 atom stereocenters. The molecule has 0 spiro atoms. The number of para-hydroxylation sites is 1. The second-order valence-electron chi connectivity index (χ2n) is 7.29. The number of allylic oxidation sites excluding steroid dienone is 1. The van der Waals surface area contributed by atoms with E-state index in [1.165, 1.54) is 46.0 Å². The maximum absolute atomic E-state index is 2.46. The van der Waals surface area contributed by atoms with Gasteiger partial charge in [0.2, 0.25) is 0 Å². The van der Waals surface area contributed by atoms with Crippen molar-refractivity contribution in [3.05, 3.63) is 71.4 Å². The van der Waals surface area contributed by atoms with E-state index in [1.54, 1.807) is 0 Å². The van der Waals surface area contributed by atoms with E-state index in [1.807, 2.05) is 0 Å². The van der Waals surface area contributed by atoms with E-state index in [2.05, 4.69) is 79.3 Å². The Labute approximate surface area is 137 Å². The molecule has 0 amide bonds. The van der Waals surface area contributed by atoms with Crippen LogP contribution in [0, 0.1) is 5.92 Å². The van der Waals surface area contributed by atoms with E-state index >= 15 is 0 Å². The zero-order valence-electron chi connectivity index (χ0n) is 13.7. The van der Waals surface area contributed by atoms with Crippen LogP contribution in [0.15, 0.2) is 54.7 Å². The summed E-state index contributed by atoms with van der Waals surface area (Å²) in [5.74, 6) is 0.788. The van der Waals surface area contributed by atoms with Crippen LogP contribution in [0.25, 0.3) is 22.6 Å². The van der Waals surface area contributed by atoms with Crippen molar-refractivity contribution in [2.24, 2.45) is 13.0 Å². The largest absolute Gasteiger partial charge is 0.350 e. The first-order valence-corrected chi connectivity index (χ1v) is 8.55. The molecule has 1 nitrogen and oxygen atoms in total. The van der Waals surface area contributed by atoms with Crippen LogP contribution in [-0.4, -0.2) is 4.57 Å². The third-order valence-corrected chi connectivity index (χ3v) is 5.96. The number of benzene rings is 2. The SMILES string of the molecule is Cn1cc(C2=Cc3ccccc3C2(C)C2CC2)c2ccccc21. The van der Waals surface area contributed by atoms with Gasteiger partial charge in [-0.3, -0.25) is 0 Å². The fraction of sp³-hybridized carbons (Fsp3) is 0.273. The smallest absolute Gasteiger partial charge is 0.0484 e. The van der Waals surface area contributed by atoms with E-state index < -0.39 is 0 Å². The van der Waals surface area contributed by atoms with Crippen LogP contribution in [0.2, 0.25) is 0 Å². The minimum Gasteiger partial charge on any atom is -0.350 e. The van der Waals surface area contributed by atoms with Crippen molar-refractivity contribution in [1.82, 2.24) is 4.57 Å². The van der Waals surface area contributed by atoms with Crippen molar-refractivity contribution in [2.75, 3.05) is 0 Å². The minimum absolute atomic E-state index is 0.167. The first-order valence-electron chi connectivity index (χ1n) is 8.55. The van der Waals surface area contributed by atoms with E-state index in [9.17, 15) is 0 Å². The van der Waals surface area contributed by atoms with Crippen LogP contribution in [-0.2, 0) is 12.5 Å². The maximum Gasteiger partial charge on any atom is 0.0484 e. The van der Waals surface area contributed by atoms with Crippen LogP contribution in [0.5, 0.6) is 0 Å². The van der Waals surface area contributed by atoms with Crippen molar-refractivity contribution in [3.8, 4) is 0 Å². The number of nitrogens with zero attached hydrogens (tertiary/aromatic N) is 1.